The fourth-order valence-electron chi connectivity index (χ4n) is 3.28. The Labute approximate surface area is 157 Å². The predicted molar refractivity (Wildman–Crippen MR) is 96.9 cm³/mol. The Kier molecular flexibility index (Phi) is 7.06. The number of rotatable bonds is 6. The Hall–Kier alpha value is -1.86. The third-order valence-electron chi connectivity index (χ3n) is 4.93. The van der Waals surface area contributed by atoms with E-state index in [9.17, 15) is 28.2 Å². The van der Waals surface area contributed by atoms with Crippen molar-refractivity contribution in [1.29, 1.82) is 0 Å². The summed E-state index contributed by atoms with van der Waals surface area (Å²) >= 11 is 0. The normalized spacial score (nSPS) is 18.4. The lowest BCUT2D eigenvalue weighted by molar-refractivity contribution is -0.173. The first-order valence-electron chi connectivity index (χ1n) is 9.16. The number of benzene rings is 1. The number of amides is 1. The number of hydrogen-bond donors (Lipinski definition) is 3. The summed E-state index contributed by atoms with van der Waals surface area (Å²) in [6.45, 7) is 1.52. The fourth-order valence-corrected chi connectivity index (χ4v) is 3.28. The molecular weight excluding hydrogens is 359 g/mol. The van der Waals surface area contributed by atoms with E-state index < -0.39 is 23.8 Å². The summed E-state index contributed by atoms with van der Waals surface area (Å²) in [5, 5.41) is 22.6. The van der Waals surface area contributed by atoms with Crippen molar-refractivity contribution in [1.82, 2.24) is 5.32 Å². The average molecular weight is 385 g/mol. The first-order chi connectivity index (χ1) is 12.6. The zero-order valence-electron chi connectivity index (χ0n) is 15.4. The lowest BCUT2D eigenvalue weighted by atomic mass is 9.84. The Morgan fingerprint density at radius 3 is 2.59 bits per heavy atom. The van der Waals surface area contributed by atoms with Gasteiger partial charge in [0.2, 0.25) is 0 Å². The molecule has 0 radical (unpaired) electrons. The standard InChI is InChI=1S/C20H26F3NO3/c1-14-5-6-15(7-11-19(27)9-3-2-4-10-19)13-16(14)17(25)8-12-24-18(26)20(21,22)23/h5-7,11,13,17,25,27H,2-4,8-10,12H2,1H3,(H,24,26). The number of alkyl halides is 3. The summed E-state index contributed by atoms with van der Waals surface area (Å²) in [4.78, 5) is 10.8. The van der Waals surface area contributed by atoms with Crippen molar-refractivity contribution in [3.63, 3.8) is 0 Å². The number of hydrogen-bond acceptors (Lipinski definition) is 3. The van der Waals surface area contributed by atoms with Crippen LogP contribution in [0, 0.1) is 6.92 Å². The number of aryl methyl sites for hydroxylation is 1. The van der Waals surface area contributed by atoms with Crippen LogP contribution in [0.25, 0.3) is 6.08 Å². The minimum absolute atomic E-state index is 0.0280. The molecule has 1 unspecified atom stereocenters. The molecule has 1 aliphatic rings. The lowest BCUT2D eigenvalue weighted by Crippen LogP contribution is -2.37. The van der Waals surface area contributed by atoms with E-state index in [1.54, 1.807) is 24.4 Å². The topological polar surface area (TPSA) is 69.6 Å². The predicted octanol–water partition coefficient (Wildman–Crippen LogP) is 3.81. The Balaban J connectivity index is 2.00. The van der Waals surface area contributed by atoms with Crippen LogP contribution in [-0.2, 0) is 4.79 Å². The van der Waals surface area contributed by atoms with E-state index in [-0.39, 0.29) is 13.0 Å². The van der Waals surface area contributed by atoms with Crippen LogP contribution < -0.4 is 5.32 Å². The van der Waals surface area contributed by atoms with Crippen LogP contribution in [0.15, 0.2) is 24.3 Å². The van der Waals surface area contributed by atoms with E-state index in [1.807, 2.05) is 18.2 Å². The molecule has 27 heavy (non-hydrogen) atoms. The highest BCUT2D eigenvalue weighted by Crippen LogP contribution is 2.30. The van der Waals surface area contributed by atoms with Crippen LogP contribution in [0.5, 0.6) is 0 Å². The fraction of sp³-hybridized carbons (Fsp3) is 0.550. The number of carbonyl (C=O) groups excluding carboxylic acids is 1. The summed E-state index contributed by atoms with van der Waals surface area (Å²) < 4.78 is 36.5. The molecule has 1 aromatic rings. The molecule has 0 aliphatic heterocycles. The highest BCUT2D eigenvalue weighted by atomic mass is 19.4. The third-order valence-corrected chi connectivity index (χ3v) is 4.93. The largest absolute Gasteiger partial charge is 0.471 e. The lowest BCUT2D eigenvalue weighted by Gasteiger charge is -2.28. The summed E-state index contributed by atoms with van der Waals surface area (Å²) in [5.74, 6) is -2.01. The van der Waals surface area contributed by atoms with Crippen molar-refractivity contribution in [2.75, 3.05) is 6.54 Å². The van der Waals surface area contributed by atoms with Crippen molar-refractivity contribution < 1.29 is 28.2 Å². The molecule has 1 amide bonds. The maximum absolute atomic E-state index is 12.2. The van der Waals surface area contributed by atoms with Crippen molar-refractivity contribution in [2.45, 2.75) is 63.3 Å². The van der Waals surface area contributed by atoms with E-state index in [1.165, 1.54) is 0 Å². The highest BCUT2D eigenvalue weighted by Gasteiger charge is 2.38. The zero-order chi connectivity index (χ0) is 20.1. The smallest absolute Gasteiger partial charge is 0.388 e. The van der Waals surface area contributed by atoms with Gasteiger partial charge in [-0.25, -0.2) is 0 Å². The quantitative estimate of drug-likeness (QED) is 0.698. The number of aliphatic hydroxyl groups is 2. The van der Waals surface area contributed by atoms with Crippen LogP contribution >= 0.6 is 0 Å². The molecule has 0 heterocycles. The summed E-state index contributed by atoms with van der Waals surface area (Å²) in [6.07, 6.45) is 2.21. The molecule has 0 aromatic heterocycles. The van der Waals surface area contributed by atoms with Gasteiger partial charge in [-0.15, -0.1) is 0 Å². The molecule has 1 fully saturated rings. The van der Waals surface area contributed by atoms with Gasteiger partial charge < -0.3 is 15.5 Å². The molecule has 1 saturated carbocycles. The Morgan fingerprint density at radius 2 is 1.96 bits per heavy atom. The van der Waals surface area contributed by atoms with E-state index in [0.717, 1.165) is 43.2 Å². The maximum atomic E-state index is 12.2. The number of halogens is 3. The van der Waals surface area contributed by atoms with Gasteiger partial charge in [0.15, 0.2) is 0 Å². The van der Waals surface area contributed by atoms with Crippen LogP contribution in [-0.4, -0.2) is 34.4 Å². The second kappa shape index (κ2) is 8.89. The molecule has 0 saturated heterocycles. The van der Waals surface area contributed by atoms with Gasteiger partial charge in [-0.05, 0) is 48.9 Å². The molecular formula is C20H26F3NO3. The van der Waals surface area contributed by atoms with Gasteiger partial charge in [-0.1, -0.05) is 43.5 Å². The van der Waals surface area contributed by atoms with Crippen molar-refractivity contribution >= 4 is 12.0 Å². The maximum Gasteiger partial charge on any atom is 0.471 e. The highest BCUT2D eigenvalue weighted by molar-refractivity contribution is 5.81. The molecule has 1 aliphatic carbocycles. The van der Waals surface area contributed by atoms with Crippen molar-refractivity contribution in [2.24, 2.45) is 0 Å². The van der Waals surface area contributed by atoms with Crippen LogP contribution in [0.2, 0.25) is 0 Å². The Bertz CT molecular complexity index is 680. The molecule has 150 valence electrons. The second-order valence-electron chi connectivity index (χ2n) is 7.17. The van der Waals surface area contributed by atoms with Gasteiger partial charge in [0, 0.05) is 6.54 Å². The molecule has 4 nitrogen and oxygen atoms in total. The number of nitrogens with one attached hydrogen (secondary N) is 1. The first kappa shape index (κ1) is 21.4. The van der Waals surface area contributed by atoms with Crippen LogP contribution in [0.1, 0.15) is 61.3 Å². The van der Waals surface area contributed by atoms with Gasteiger partial charge >= 0.3 is 12.1 Å². The van der Waals surface area contributed by atoms with Gasteiger partial charge in [0.1, 0.15) is 0 Å². The molecule has 0 spiro atoms. The van der Waals surface area contributed by atoms with Gasteiger partial charge in [-0.3, -0.25) is 4.79 Å². The summed E-state index contributed by atoms with van der Waals surface area (Å²) in [7, 11) is 0. The van der Waals surface area contributed by atoms with Crippen LogP contribution in [0.4, 0.5) is 13.2 Å². The Morgan fingerprint density at radius 1 is 1.30 bits per heavy atom. The molecule has 2 rings (SSSR count). The average Bonchev–Trinajstić information content (AvgIpc) is 2.60. The molecule has 1 aromatic carbocycles. The second-order valence-corrected chi connectivity index (χ2v) is 7.17. The number of aliphatic hydroxyl groups excluding tert-OH is 1. The zero-order valence-corrected chi connectivity index (χ0v) is 15.4. The van der Waals surface area contributed by atoms with Gasteiger partial charge in [-0.2, -0.15) is 13.2 Å². The molecule has 1 atom stereocenters. The van der Waals surface area contributed by atoms with Gasteiger partial charge in [0.05, 0.1) is 11.7 Å². The van der Waals surface area contributed by atoms with Gasteiger partial charge in [0.25, 0.3) is 0 Å². The third kappa shape index (κ3) is 6.36. The first-order valence-corrected chi connectivity index (χ1v) is 9.16. The van der Waals surface area contributed by atoms with Crippen LogP contribution in [0.3, 0.4) is 0 Å². The minimum atomic E-state index is -4.93. The van der Waals surface area contributed by atoms with Crippen molar-refractivity contribution in [3.8, 4) is 0 Å². The summed E-state index contributed by atoms with van der Waals surface area (Å²) in [6, 6.07) is 5.44. The van der Waals surface area contributed by atoms with E-state index in [2.05, 4.69) is 0 Å². The van der Waals surface area contributed by atoms with E-state index in [0.29, 0.717) is 5.56 Å². The SMILES string of the molecule is Cc1ccc(C=CC2(O)CCCCC2)cc1C(O)CCNC(=O)C(F)(F)F. The molecule has 3 N–H and O–H groups in total. The molecule has 0 bridgehead atoms. The minimum Gasteiger partial charge on any atom is -0.388 e. The molecule has 7 heteroatoms. The summed E-state index contributed by atoms with van der Waals surface area (Å²) in [5.41, 5.74) is 1.39. The van der Waals surface area contributed by atoms with E-state index in [4.69, 9.17) is 0 Å². The number of carbonyl (C=O) groups is 1. The van der Waals surface area contributed by atoms with E-state index >= 15 is 0 Å². The monoisotopic (exact) mass is 385 g/mol. The van der Waals surface area contributed by atoms with Crippen molar-refractivity contribution in [3.05, 3.63) is 41.0 Å².